The molecule has 1 aromatic rings. The maximum Gasteiger partial charge on any atom is 0.120 e. The zero-order chi connectivity index (χ0) is 9.97. The Morgan fingerprint density at radius 3 is 2.93 bits per heavy atom. The predicted molar refractivity (Wildman–Crippen MR) is 57.3 cm³/mol. The van der Waals surface area contributed by atoms with Crippen LogP contribution in [0.3, 0.4) is 0 Å². The summed E-state index contributed by atoms with van der Waals surface area (Å²) >= 11 is 0. The van der Waals surface area contributed by atoms with Gasteiger partial charge in [0.15, 0.2) is 0 Å². The van der Waals surface area contributed by atoms with Crippen molar-refractivity contribution in [3.63, 3.8) is 0 Å². The van der Waals surface area contributed by atoms with E-state index in [1.807, 2.05) is 12.1 Å². The predicted octanol–water partition coefficient (Wildman–Crippen LogP) is 2.64. The molecule has 1 atom stereocenters. The lowest BCUT2D eigenvalue weighted by Crippen LogP contribution is -2.08. The first-order valence-electron chi connectivity index (χ1n) is 5.32. The van der Waals surface area contributed by atoms with E-state index < -0.39 is 0 Å². The first-order valence-corrected chi connectivity index (χ1v) is 5.32. The van der Waals surface area contributed by atoms with Crippen LogP contribution < -0.4 is 10.5 Å². The normalized spacial score (nSPS) is 17.9. The molecule has 2 N–H and O–H groups in total. The Balaban J connectivity index is 2.08. The zero-order valence-corrected chi connectivity index (χ0v) is 8.57. The molecule has 1 fully saturated rings. The molecule has 0 heterocycles. The van der Waals surface area contributed by atoms with E-state index in [1.165, 1.54) is 18.4 Å². The van der Waals surface area contributed by atoms with Crippen LogP contribution in [0.4, 0.5) is 0 Å². The monoisotopic (exact) mass is 191 g/mol. The van der Waals surface area contributed by atoms with Crippen molar-refractivity contribution in [2.75, 3.05) is 0 Å². The largest absolute Gasteiger partial charge is 0.490 e. The van der Waals surface area contributed by atoms with Crippen LogP contribution in [0.1, 0.15) is 37.8 Å². The van der Waals surface area contributed by atoms with Crippen molar-refractivity contribution in [2.45, 2.75) is 38.3 Å². The van der Waals surface area contributed by atoms with Gasteiger partial charge in [0.05, 0.1) is 6.10 Å². The summed E-state index contributed by atoms with van der Waals surface area (Å²) in [6.45, 7) is 2.10. The molecule has 0 radical (unpaired) electrons. The van der Waals surface area contributed by atoms with Crippen LogP contribution >= 0.6 is 0 Å². The van der Waals surface area contributed by atoms with E-state index in [0.29, 0.717) is 6.10 Å². The summed E-state index contributed by atoms with van der Waals surface area (Å²) in [6.07, 6.45) is 3.82. The molecule has 0 bridgehead atoms. The van der Waals surface area contributed by atoms with E-state index in [0.717, 1.165) is 12.2 Å². The molecule has 2 nitrogen and oxygen atoms in total. The molecule has 0 aromatic heterocycles. The Labute approximate surface area is 85.1 Å². The van der Waals surface area contributed by atoms with Crippen LogP contribution in [0.15, 0.2) is 24.3 Å². The van der Waals surface area contributed by atoms with Gasteiger partial charge in [0.25, 0.3) is 0 Å². The van der Waals surface area contributed by atoms with Crippen molar-refractivity contribution in [3.8, 4) is 5.75 Å². The fourth-order valence-corrected chi connectivity index (χ4v) is 1.43. The quantitative estimate of drug-likeness (QED) is 0.794. The minimum Gasteiger partial charge on any atom is -0.490 e. The van der Waals surface area contributed by atoms with Gasteiger partial charge < -0.3 is 10.5 Å². The second-order valence-corrected chi connectivity index (χ2v) is 3.90. The summed E-state index contributed by atoms with van der Waals surface area (Å²) in [5.74, 6) is 0.967. The second kappa shape index (κ2) is 4.01. The molecule has 2 heteroatoms. The van der Waals surface area contributed by atoms with Crippen molar-refractivity contribution in [2.24, 2.45) is 5.73 Å². The highest BCUT2D eigenvalue weighted by molar-refractivity contribution is 5.30. The van der Waals surface area contributed by atoms with E-state index >= 15 is 0 Å². The highest BCUT2D eigenvalue weighted by Gasteiger charge is 2.23. The molecule has 76 valence electrons. The summed E-state index contributed by atoms with van der Waals surface area (Å²) in [5.41, 5.74) is 7.13. The fourth-order valence-electron chi connectivity index (χ4n) is 1.43. The van der Waals surface area contributed by atoms with Gasteiger partial charge in [-0.3, -0.25) is 0 Å². The molecule has 0 amide bonds. The number of benzene rings is 1. The highest BCUT2D eigenvalue weighted by atomic mass is 16.5. The van der Waals surface area contributed by atoms with Gasteiger partial charge in [0.1, 0.15) is 5.75 Å². The summed E-state index contributed by atoms with van der Waals surface area (Å²) in [7, 11) is 0. The Hall–Kier alpha value is -1.02. The third kappa shape index (κ3) is 2.26. The van der Waals surface area contributed by atoms with E-state index in [1.54, 1.807) is 0 Å². The van der Waals surface area contributed by atoms with Crippen molar-refractivity contribution in [1.82, 2.24) is 0 Å². The van der Waals surface area contributed by atoms with Crippen molar-refractivity contribution in [1.29, 1.82) is 0 Å². The number of rotatable bonds is 4. The minimum atomic E-state index is 0.137. The summed E-state index contributed by atoms with van der Waals surface area (Å²) in [4.78, 5) is 0. The first kappa shape index (κ1) is 9.53. The maximum absolute atomic E-state index is 5.95. The number of ether oxygens (including phenoxy) is 1. The second-order valence-electron chi connectivity index (χ2n) is 3.90. The van der Waals surface area contributed by atoms with Crippen LogP contribution in [-0.4, -0.2) is 6.10 Å². The Bertz CT molecular complexity index is 307. The number of hydrogen-bond acceptors (Lipinski definition) is 2. The van der Waals surface area contributed by atoms with Gasteiger partial charge in [0, 0.05) is 6.04 Å². The van der Waals surface area contributed by atoms with E-state index in [-0.39, 0.29) is 6.04 Å². The van der Waals surface area contributed by atoms with Gasteiger partial charge in [-0.2, -0.15) is 0 Å². The van der Waals surface area contributed by atoms with Gasteiger partial charge in [-0.05, 0) is 37.0 Å². The lowest BCUT2D eigenvalue weighted by molar-refractivity contribution is 0.302. The lowest BCUT2D eigenvalue weighted by Gasteiger charge is -2.11. The van der Waals surface area contributed by atoms with Gasteiger partial charge in [-0.1, -0.05) is 19.1 Å². The van der Waals surface area contributed by atoms with Crippen LogP contribution in [-0.2, 0) is 0 Å². The van der Waals surface area contributed by atoms with Crippen LogP contribution in [0.5, 0.6) is 5.75 Å². The van der Waals surface area contributed by atoms with E-state index in [2.05, 4.69) is 19.1 Å². The molecule has 0 spiro atoms. The van der Waals surface area contributed by atoms with Crippen molar-refractivity contribution in [3.05, 3.63) is 29.8 Å². The molecule has 0 unspecified atom stereocenters. The Kier molecular flexibility index (Phi) is 2.73. The first-order chi connectivity index (χ1) is 6.79. The van der Waals surface area contributed by atoms with Gasteiger partial charge >= 0.3 is 0 Å². The SMILES string of the molecule is CC[C@@H](N)c1cccc(OC2CC2)c1. The molecule has 2 rings (SSSR count). The lowest BCUT2D eigenvalue weighted by atomic mass is 10.1. The molecular formula is C12H17NO. The molecule has 0 saturated heterocycles. The number of hydrogen-bond donors (Lipinski definition) is 1. The minimum absolute atomic E-state index is 0.137. The third-order valence-corrected chi connectivity index (χ3v) is 2.55. The molecule has 1 aliphatic carbocycles. The van der Waals surface area contributed by atoms with Crippen LogP contribution in [0.2, 0.25) is 0 Å². The molecule has 14 heavy (non-hydrogen) atoms. The maximum atomic E-state index is 5.95. The Morgan fingerprint density at radius 1 is 1.50 bits per heavy atom. The summed E-state index contributed by atoms with van der Waals surface area (Å²) in [5, 5.41) is 0. The summed E-state index contributed by atoms with van der Waals surface area (Å²) < 4.78 is 5.71. The topological polar surface area (TPSA) is 35.2 Å². The van der Waals surface area contributed by atoms with Crippen LogP contribution in [0, 0.1) is 0 Å². The zero-order valence-electron chi connectivity index (χ0n) is 8.57. The average molecular weight is 191 g/mol. The average Bonchev–Trinajstić information content (AvgIpc) is 3.01. The summed E-state index contributed by atoms with van der Waals surface area (Å²) in [6, 6.07) is 8.28. The van der Waals surface area contributed by atoms with Gasteiger partial charge in [0.2, 0.25) is 0 Å². The van der Waals surface area contributed by atoms with Gasteiger partial charge in [-0.25, -0.2) is 0 Å². The smallest absolute Gasteiger partial charge is 0.120 e. The highest BCUT2D eigenvalue weighted by Crippen LogP contribution is 2.28. The molecule has 1 aromatic carbocycles. The van der Waals surface area contributed by atoms with Gasteiger partial charge in [-0.15, -0.1) is 0 Å². The van der Waals surface area contributed by atoms with Crippen LogP contribution in [0.25, 0.3) is 0 Å². The van der Waals surface area contributed by atoms with E-state index in [9.17, 15) is 0 Å². The molecular weight excluding hydrogens is 174 g/mol. The third-order valence-electron chi connectivity index (χ3n) is 2.55. The number of nitrogens with two attached hydrogens (primary N) is 1. The molecule has 1 saturated carbocycles. The standard InChI is InChI=1S/C12H17NO/c1-2-12(13)9-4-3-5-11(8-9)14-10-6-7-10/h3-5,8,10,12H,2,6-7,13H2,1H3/t12-/m1/s1. The fraction of sp³-hybridized carbons (Fsp3) is 0.500. The van der Waals surface area contributed by atoms with E-state index in [4.69, 9.17) is 10.5 Å². The van der Waals surface area contributed by atoms with Crippen molar-refractivity contribution < 1.29 is 4.74 Å². The Morgan fingerprint density at radius 2 is 2.29 bits per heavy atom. The van der Waals surface area contributed by atoms with Crippen molar-refractivity contribution >= 4 is 0 Å². The molecule has 1 aliphatic rings. The molecule has 0 aliphatic heterocycles.